The molecule has 0 aromatic heterocycles. The molecular formula is C24H20N2O3S. The normalized spacial score (nSPS) is 11.0. The molecule has 6 heteroatoms. The molecule has 0 saturated carbocycles. The Morgan fingerprint density at radius 3 is 2.40 bits per heavy atom. The molecule has 0 unspecified atom stereocenters. The van der Waals surface area contributed by atoms with E-state index >= 15 is 0 Å². The van der Waals surface area contributed by atoms with Crippen molar-refractivity contribution in [1.29, 1.82) is 5.26 Å². The summed E-state index contributed by atoms with van der Waals surface area (Å²) in [6.45, 7) is 0.272. The van der Waals surface area contributed by atoms with Gasteiger partial charge in [-0.25, -0.2) is 0 Å². The van der Waals surface area contributed by atoms with Crippen LogP contribution in [0.2, 0.25) is 0 Å². The minimum Gasteiger partial charge on any atom is -0.504 e. The van der Waals surface area contributed by atoms with Gasteiger partial charge in [-0.2, -0.15) is 5.26 Å². The first-order chi connectivity index (χ1) is 14.6. The second-order valence-corrected chi connectivity index (χ2v) is 7.49. The summed E-state index contributed by atoms with van der Waals surface area (Å²) in [6.07, 6.45) is 1.40. The van der Waals surface area contributed by atoms with Crippen molar-refractivity contribution < 1.29 is 14.6 Å². The highest BCUT2D eigenvalue weighted by molar-refractivity contribution is 7.98. The predicted octanol–water partition coefficient (Wildman–Crippen LogP) is 4.66. The van der Waals surface area contributed by atoms with E-state index < -0.39 is 5.91 Å². The van der Waals surface area contributed by atoms with Crippen molar-refractivity contribution >= 4 is 23.7 Å². The first-order valence-corrected chi connectivity index (χ1v) is 10.2. The Labute approximate surface area is 179 Å². The number of carbonyl (C=O) groups excluding carboxylic acids is 1. The smallest absolute Gasteiger partial charge is 0.259 e. The van der Waals surface area contributed by atoms with Gasteiger partial charge in [-0.15, -0.1) is 11.8 Å². The van der Waals surface area contributed by atoms with Crippen molar-refractivity contribution in [2.75, 3.05) is 0 Å². The second-order valence-electron chi connectivity index (χ2n) is 6.44. The largest absolute Gasteiger partial charge is 0.504 e. The first kappa shape index (κ1) is 21.0. The average molecular weight is 417 g/mol. The van der Waals surface area contributed by atoms with E-state index in [0.29, 0.717) is 16.9 Å². The molecule has 3 N–H and O–H groups in total. The monoisotopic (exact) mass is 416 g/mol. The van der Waals surface area contributed by atoms with Crippen LogP contribution in [0.4, 0.5) is 0 Å². The zero-order valence-electron chi connectivity index (χ0n) is 16.1. The molecule has 0 bridgehead atoms. The number of benzene rings is 3. The van der Waals surface area contributed by atoms with Gasteiger partial charge >= 0.3 is 0 Å². The number of hydrogen-bond acceptors (Lipinski definition) is 5. The maximum atomic E-state index is 11.4. The fourth-order valence-electron chi connectivity index (χ4n) is 2.73. The van der Waals surface area contributed by atoms with E-state index in [2.05, 4.69) is 0 Å². The Hall–Kier alpha value is -3.69. The molecule has 3 aromatic rings. The maximum absolute atomic E-state index is 11.4. The molecule has 3 rings (SSSR count). The number of thioether (sulfide) groups is 1. The minimum atomic E-state index is -0.808. The van der Waals surface area contributed by atoms with Gasteiger partial charge < -0.3 is 15.6 Å². The summed E-state index contributed by atoms with van der Waals surface area (Å²) in [7, 11) is 0. The minimum absolute atomic E-state index is 0.0316. The highest BCUT2D eigenvalue weighted by atomic mass is 32.2. The first-order valence-electron chi connectivity index (χ1n) is 9.19. The number of carbonyl (C=O) groups is 1. The quantitative estimate of drug-likeness (QED) is 0.316. The van der Waals surface area contributed by atoms with Gasteiger partial charge in [-0.1, -0.05) is 48.5 Å². The van der Waals surface area contributed by atoms with Crippen molar-refractivity contribution in [1.82, 2.24) is 0 Å². The number of rotatable bonds is 8. The van der Waals surface area contributed by atoms with Crippen molar-refractivity contribution in [3.05, 3.63) is 95.1 Å². The van der Waals surface area contributed by atoms with Crippen LogP contribution in [0.5, 0.6) is 11.5 Å². The standard InChI is InChI=1S/C24H20N2O3S/c25-14-19(24(26)28)11-18-12-20(16-30-21-9-5-2-6-10-21)23(27)22(13-18)29-15-17-7-3-1-4-8-17/h1-13,27H,15-16H2,(H2,26,28)/b19-11+. The fourth-order valence-corrected chi connectivity index (χ4v) is 3.62. The fraction of sp³-hybridized carbons (Fsp3) is 0.0833. The van der Waals surface area contributed by atoms with Crippen LogP contribution in [0.3, 0.4) is 0 Å². The van der Waals surface area contributed by atoms with Crippen LogP contribution in [-0.2, 0) is 17.2 Å². The number of nitrogens with zero attached hydrogens (tertiary/aromatic N) is 1. The van der Waals surface area contributed by atoms with Gasteiger partial charge in [0.15, 0.2) is 11.5 Å². The number of hydrogen-bond donors (Lipinski definition) is 2. The Kier molecular flexibility index (Phi) is 7.14. The number of aromatic hydroxyl groups is 1. The summed E-state index contributed by atoms with van der Waals surface area (Å²) in [6, 6.07) is 24.5. The third-order valence-corrected chi connectivity index (χ3v) is 5.31. The topological polar surface area (TPSA) is 96.3 Å². The molecule has 0 aliphatic rings. The summed E-state index contributed by atoms with van der Waals surface area (Å²) in [5.74, 6) is -0.0165. The molecule has 0 aliphatic carbocycles. The Balaban J connectivity index is 1.92. The van der Waals surface area contributed by atoms with Crippen LogP contribution in [-0.4, -0.2) is 11.0 Å². The molecule has 3 aromatic carbocycles. The molecule has 150 valence electrons. The lowest BCUT2D eigenvalue weighted by atomic mass is 10.1. The summed E-state index contributed by atoms with van der Waals surface area (Å²) in [4.78, 5) is 12.5. The molecule has 0 spiro atoms. The van der Waals surface area contributed by atoms with Crippen LogP contribution >= 0.6 is 11.8 Å². The van der Waals surface area contributed by atoms with E-state index in [9.17, 15) is 9.90 Å². The zero-order chi connectivity index (χ0) is 21.3. The van der Waals surface area contributed by atoms with Gasteiger partial charge in [0.25, 0.3) is 5.91 Å². The van der Waals surface area contributed by atoms with E-state index in [4.69, 9.17) is 15.7 Å². The van der Waals surface area contributed by atoms with Crippen LogP contribution in [0, 0.1) is 11.3 Å². The third-order valence-electron chi connectivity index (χ3n) is 4.25. The summed E-state index contributed by atoms with van der Waals surface area (Å²) in [5, 5.41) is 19.9. The van der Waals surface area contributed by atoms with Gasteiger partial charge in [0.1, 0.15) is 18.2 Å². The van der Waals surface area contributed by atoms with Crippen molar-refractivity contribution in [2.24, 2.45) is 5.73 Å². The van der Waals surface area contributed by atoms with E-state index in [-0.39, 0.29) is 23.7 Å². The SMILES string of the molecule is N#C/C(=C\c1cc(CSc2ccccc2)c(O)c(OCc2ccccc2)c1)C(N)=O. The molecule has 0 fully saturated rings. The highest BCUT2D eigenvalue weighted by Crippen LogP contribution is 2.36. The van der Waals surface area contributed by atoms with Crippen molar-refractivity contribution in [3.8, 4) is 17.6 Å². The van der Waals surface area contributed by atoms with Gasteiger partial charge in [-0.05, 0) is 41.5 Å². The lowest BCUT2D eigenvalue weighted by molar-refractivity contribution is -0.114. The molecule has 1 amide bonds. The number of primary amides is 1. The zero-order valence-corrected chi connectivity index (χ0v) is 16.9. The lowest BCUT2D eigenvalue weighted by Crippen LogP contribution is -2.12. The Morgan fingerprint density at radius 2 is 1.77 bits per heavy atom. The molecular weight excluding hydrogens is 396 g/mol. The Morgan fingerprint density at radius 1 is 1.10 bits per heavy atom. The van der Waals surface area contributed by atoms with Crippen molar-refractivity contribution in [3.63, 3.8) is 0 Å². The van der Waals surface area contributed by atoms with E-state index in [1.165, 1.54) is 6.08 Å². The van der Waals surface area contributed by atoms with Gasteiger partial charge in [0.05, 0.1) is 0 Å². The number of phenolic OH excluding ortho intramolecular Hbond substituents is 1. The van der Waals surface area contributed by atoms with Crippen molar-refractivity contribution in [2.45, 2.75) is 17.3 Å². The number of ether oxygens (including phenoxy) is 1. The summed E-state index contributed by atoms with van der Waals surface area (Å²) in [5.41, 5.74) is 7.22. The predicted molar refractivity (Wildman–Crippen MR) is 118 cm³/mol. The lowest BCUT2D eigenvalue weighted by Gasteiger charge is -2.13. The van der Waals surface area contributed by atoms with Crippen LogP contribution in [0.25, 0.3) is 6.08 Å². The number of phenols is 1. The number of amides is 1. The molecule has 30 heavy (non-hydrogen) atoms. The maximum Gasteiger partial charge on any atom is 0.259 e. The third kappa shape index (κ3) is 5.66. The molecule has 0 atom stereocenters. The molecule has 0 heterocycles. The molecule has 5 nitrogen and oxygen atoms in total. The van der Waals surface area contributed by atoms with E-state index in [1.807, 2.05) is 60.7 Å². The molecule has 0 radical (unpaired) electrons. The van der Waals surface area contributed by atoms with Crippen LogP contribution in [0.15, 0.2) is 83.3 Å². The van der Waals surface area contributed by atoms with Gasteiger partial charge in [-0.3, -0.25) is 4.79 Å². The van der Waals surface area contributed by atoms with E-state index in [0.717, 1.165) is 10.5 Å². The Bertz CT molecular complexity index is 1030. The highest BCUT2D eigenvalue weighted by Gasteiger charge is 2.13. The van der Waals surface area contributed by atoms with Crippen LogP contribution < -0.4 is 10.5 Å². The summed E-state index contributed by atoms with van der Waals surface area (Å²) >= 11 is 1.56. The van der Waals surface area contributed by atoms with Gasteiger partial charge in [0.2, 0.25) is 0 Å². The van der Waals surface area contributed by atoms with Gasteiger partial charge in [0, 0.05) is 16.2 Å². The summed E-state index contributed by atoms with van der Waals surface area (Å²) < 4.78 is 5.84. The number of nitriles is 1. The van der Waals surface area contributed by atoms with Crippen LogP contribution in [0.1, 0.15) is 16.7 Å². The molecule has 0 aliphatic heterocycles. The second kappa shape index (κ2) is 10.2. The average Bonchev–Trinajstić information content (AvgIpc) is 2.77. The van der Waals surface area contributed by atoms with E-state index in [1.54, 1.807) is 30.0 Å². The molecule has 0 saturated heterocycles. The number of nitrogens with two attached hydrogens (primary N) is 1.